The summed E-state index contributed by atoms with van der Waals surface area (Å²) in [5, 5.41) is 11.2. The molecule has 2 aromatic heterocycles. The van der Waals surface area contributed by atoms with Crippen LogP contribution in [0.4, 0.5) is 29.1 Å². The number of alkyl halides is 3. The standard InChI is InChI=1S/C24H20F4N6O2/c1-2-34-21-19(22(29)30-31-23(21)36)20(32-34)14-3-4-17-13(10-14)5-6-33(17)18(35)9-12-7-15(24(26,27)28)11-16(25)8-12/h3-4,7-8,10-11H,2,5-6,9H2,1H3,(H2,29,30)(H,31,36). The number of fused-ring (bicyclic) bond motifs is 2. The number of halogens is 4. The fraction of sp³-hybridized carbons (Fsp3) is 0.250. The number of benzene rings is 2. The molecule has 2 aromatic carbocycles. The summed E-state index contributed by atoms with van der Waals surface area (Å²) in [6.07, 6.45) is -4.58. The van der Waals surface area contributed by atoms with E-state index in [1.807, 2.05) is 13.0 Å². The number of hydrogen-bond donors (Lipinski definition) is 2. The largest absolute Gasteiger partial charge is 0.416 e. The lowest BCUT2D eigenvalue weighted by Crippen LogP contribution is -2.30. The molecule has 5 rings (SSSR count). The Labute approximate surface area is 201 Å². The summed E-state index contributed by atoms with van der Waals surface area (Å²) in [4.78, 5) is 26.8. The van der Waals surface area contributed by atoms with Gasteiger partial charge in [-0.05, 0) is 54.8 Å². The van der Waals surface area contributed by atoms with Crippen molar-refractivity contribution in [2.24, 2.45) is 0 Å². The lowest BCUT2D eigenvalue weighted by atomic mass is 10.0. The van der Waals surface area contributed by atoms with E-state index in [0.29, 0.717) is 53.4 Å². The fourth-order valence-electron chi connectivity index (χ4n) is 4.58. The lowest BCUT2D eigenvalue weighted by Gasteiger charge is -2.18. The summed E-state index contributed by atoms with van der Waals surface area (Å²) in [6.45, 7) is 2.60. The maximum absolute atomic E-state index is 13.8. The molecule has 1 aliphatic heterocycles. The van der Waals surface area contributed by atoms with Crippen molar-refractivity contribution in [3.05, 3.63) is 69.3 Å². The van der Waals surface area contributed by atoms with Crippen LogP contribution in [0, 0.1) is 5.82 Å². The van der Waals surface area contributed by atoms with Crippen molar-refractivity contribution in [2.75, 3.05) is 17.2 Å². The summed E-state index contributed by atoms with van der Waals surface area (Å²) in [6, 6.07) is 7.42. The van der Waals surface area contributed by atoms with E-state index >= 15 is 0 Å². The second-order valence-electron chi connectivity index (χ2n) is 8.49. The molecule has 0 unspecified atom stereocenters. The van der Waals surface area contributed by atoms with Crippen molar-refractivity contribution in [3.63, 3.8) is 0 Å². The fourth-order valence-corrected chi connectivity index (χ4v) is 4.58. The average molecular weight is 500 g/mol. The summed E-state index contributed by atoms with van der Waals surface area (Å²) in [7, 11) is 0. The first-order valence-corrected chi connectivity index (χ1v) is 11.1. The molecule has 0 spiro atoms. The maximum Gasteiger partial charge on any atom is 0.416 e. The number of aryl methyl sites for hydroxylation is 1. The number of H-pyrrole nitrogens is 1. The van der Waals surface area contributed by atoms with E-state index in [2.05, 4.69) is 15.3 Å². The molecular weight excluding hydrogens is 480 g/mol. The molecule has 1 aliphatic rings. The van der Waals surface area contributed by atoms with Crippen LogP contribution in [0.15, 0.2) is 41.2 Å². The Morgan fingerprint density at radius 1 is 1.19 bits per heavy atom. The highest BCUT2D eigenvalue weighted by Gasteiger charge is 2.32. The van der Waals surface area contributed by atoms with Gasteiger partial charge < -0.3 is 10.6 Å². The highest BCUT2D eigenvalue weighted by atomic mass is 19.4. The van der Waals surface area contributed by atoms with Gasteiger partial charge in [-0.15, -0.1) is 0 Å². The predicted octanol–water partition coefficient (Wildman–Crippen LogP) is 3.68. The number of aromatic nitrogens is 4. The highest BCUT2D eigenvalue weighted by Crippen LogP contribution is 2.36. The number of aromatic amines is 1. The molecule has 1 amide bonds. The summed E-state index contributed by atoms with van der Waals surface area (Å²) in [5.41, 5.74) is 7.35. The van der Waals surface area contributed by atoms with Gasteiger partial charge in [-0.3, -0.25) is 14.3 Å². The Hall–Kier alpha value is -4.22. The second kappa shape index (κ2) is 8.47. The monoisotopic (exact) mass is 500 g/mol. The zero-order chi connectivity index (χ0) is 25.8. The third kappa shape index (κ3) is 3.97. The minimum Gasteiger partial charge on any atom is -0.382 e. The minimum absolute atomic E-state index is 0.0535. The Morgan fingerprint density at radius 3 is 2.69 bits per heavy atom. The molecule has 0 saturated heterocycles. The molecule has 4 aromatic rings. The van der Waals surface area contributed by atoms with Crippen LogP contribution >= 0.6 is 0 Å². The Balaban J connectivity index is 1.46. The van der Waals surface area contributed by atoms with Gasteiger partial charge >= 0.3 is 6.18 Å². The van der Waals surface area contributed by atoms with Crippen molar-refractivity contribution in [3.8, 4) is 11.3 Å². The predicted molar refractivity (Wildman–Crippen MR) is 125 cm³/mol. The molecule has 0 fully saturated rings. The van der Waals surface area contributed by atoms with Crippen LogP contribution in [0.5, 0.6) is 0 Å². The van der Waals surface area contributed by atoms with Crippen LogP contribution in [0.25, 0.3) is 22.2 Å². The van der Waals surface area contributed by atoms with Crippen molar-refractivity contribution in [2.45, 2.75) is 32.5 Å². The van der Waals surface area contributed by atoms with Crippen LogP contribution in [0.2, 0.25) is 0 Å². The Bertz CT molecular complexity index is 1570. The molecule has 0 aliphatic carbocycles. The number of nitrogens with zero attached hydrogens (tertiary/aromatic N) is 4. The van der Waals surface area contributed by atoms with Crippen LogP contribution in [-0.2, 0) is 30.4 Å². The van der Waals surface area contributed by atoms with Gasteiger partial charge in [0.1, 0.15) is 17.0 Å². The summed E-state index contributed by atoms with van der Waals surface area (Å²) >= 11 is 0. The number of carbonyl (C=O) groups excluding carboxylic acids is 1. The number of amides is 1. The van der Waals surface area contributed by atoms with Gasteiger partial charge in [0.25, 0.3) is 5.56 Å². The van der Waals surface area contributed by atoms with E-state index in [1.165, 1.54) is 4.90 Å². The molecule has 0 saturated carbocycles. The molecule has 0 radical (unpaired) electrons. The number of rotatable bonds is 4. The van der Waals surface area contributed by atoms with E-state index in [0.717, 1.165) is 17.7 Å². The third-order valence-corrected chi connectivity index (χ3v) is 6.19. The van der Waals surface area contributed by atoms with Gasteiger partial charge in [-0.2, -0.15) is 23.4 Å². The Morgan fingerprint density at radius 2 is 1.97 bits per heavy atom. The molecule has 12 heteroatoms. The summed E-state index contributed by atoms with van der Waals surface area (Å²) in [5.74, 6) is -1.36. The lowest BCUT2D eigenvalue weighted by molar-refractivity contribution is -0.137. The van der Waals surface area contributed by atoms with Gasteiger partial charge in [-0.25, -0.2) is 9.49 Å². The van der Waals surface area contributed by atoms with Crippen LogP contribution < -0.4 is 16.2 Å². The molecule has 3 heterocycles. The van der Waals surface area contributed by atoms with Crippen molar-refractivity contribution >= 4 is 28.3 Å². The zero-order valence-corrected chi connectivity index (χ0v) is 19.0. The number of nitrogens with one attached hydrogen (secondary N) is 1. The summed E-state index contributed by atoms with van der Waals surface area (Å²) < 4.78 is 54.4. The second-order valence-corrected chi connectivity index (χ2v) is 8.49. The third-order valence-electron chi connectivity index (χ3n) is 6.19. The first-order chi connectivity index (χ1) is 17.1. The topological polar surface area (TPSA) is 110 Å². The van der Waals surface area contributed by atoms with Gasteiger partial charge in [0.2, 0.25) is 5.91 Å². The number of anilines is 2. The van der Waals surface area contributed by atoms with Crippen LogP contribution in [-0.4, -0.2) is 32.4 Å². The number of hydrogen-bond acceptors (Lipinski definition) is 5. The number of carbonyl (C=O) groups is 1. The molecule has 36 heavy (non-hydrogen) atoms. The normalized spacial score (nSPS) is 13.4. The number of nitrogens with two attached hydrogens (primary N) is 1. The van der Waals surface area contributed by atoms with Crippen LogP contribution in [0.3, 0.4) is 0 Å². The van der Waals surface area contributed by atoms with E-state index in [4.69, 9.17) is 5.73 Å². The smallest absolute Gasteiger partial charge is 0.382 e. The first-order valence-electron chi connectivity index (χ1n) is 11.1. The molecular formula is C24H20F4N6O2. The van der Waals surface area contributed by atoms with Crippen molar-refractivity contribution in [1.82, 2.24) is 20.0 Å². The number of nitrogen functional groups attached to an aromatic ring is 1. The van der Waals surface area contributed by atoms with E-state index in [-0.39, 0.29) is 17.8 Å². The van der Waals surface area contributed by atoms with Gasteiger partial charge in [0, 0.05) is 24.3 Å². The van der Waals surface area contributed by atoms with E-state index < -0.39 is 29.0 Å². The molecule has 0 atom stereocenters. The zero-order valence-electron chi connectivity index (χ0n) is 19.0. The maximum atomic E-state index is 13.8. The van der Waals surface area contributed by atoms with Gasteiger partial charge in [-0.1, -0.05) is 6.07 Å². The van der Waals surface area contributed by atoms with Crippen molar-refractivity contribution < 1.29 is 22.4 Å². The Kier molecular flexibility index (Phi) is 5.53. The average Bonchev–Trinajstić information content (AvgIpc) is 3.42. The van der Waals surface area contributed by atoms with Crippen LogP contribution in [0.1, 0.15) is 23.6 Å². The quantitative estimate of drug-likeness (QED) is 0.416. The van der Waals surface area contributed by atoms with Gasteiger partial charge in [0.05, 0.1) is 17.4 Å². The minimum atomic E-state index is -4.71. The molecule has 0 bridgehead atoms. The van der Waals surface area contributed by atoms with Gasteiger partial charge in [0.15, 0.2) is 5.82 Å². The first kappa shape index (κ1) is 23.5. The van der Waals surface area contributed by atoms with E-state index in [1.54, 1.807) is 16.8 Å². The van der Waals surface area contributed by atoms with E-state index in [9.17, 15) is 27.2 Å². The molecule has 186 valence electrons. The SMILES string of the molecule is CCn1nc(-c2ccc3c(c2)CCN3C(=O)Cc2cc(F)cc(C(F)(F)F)c2)c2c(N)n[nH]c(=O)c21. The van der Waals surface area contributed by atoms with Crippen molar-refractivity contribution in [1.29, 1.82) is 0 Å². The molecule has 8 nitrogen and oxygen atoms in total. The molecule has 3 N–H and O–H groups in total. The highest BCUT2D eigenvalue weighted by molar-refractivity contribution is 6.01.